The summed E-state index contributed by atoms with van der Waals surface area (Å²) in [6.45, 7) is 8.18. The summed E-state index contributed by atoms with van der Waals surface area (Å²) in [4.78, 5) is 6.96. The molecular formula is C23H33IN6O. The first-order valence-corrected chi connectivity index (χ1v) is 10.3. The molecule has 3 rings (SSSR count). The van der Waals surface area contributed by atoms with Crippen LogP contribution in [0.2, 0.25) is 0 Å². The predicted octanol–water partition coefficient (Wildman–Crippen LogP) is 4.06. The SMILES string of the molecule is CCNC(=NCc1ccccc1-n1nc(C)cc1C)NCC(c1ccco1)N(C)C.I. The van der Waals surface area contributed by atoms with E-state index in [0.29, 0.717) is 13.1 Å². The van der Waals surface area contributed by atoms with E-state index >= 15 is 0 Å². The highest BCUT2D eigenvalue weighted by molar-refractivity contribution is 14.0. The van der Waals surface area contributed by atoms with Crippen LogP contribution in [0.4, 0.5) is 0 Å². The van der Waals surface area contributed by atoms with Crippen molar-refractivity contribution < 1.29 is 4.42 Å². The lowest BCUT2D eigenvalue weighted by Gasteiger charge is -2.23. The lowest BCUT2D eigenvalue weighted by molar-refractivity contribution is 0.258. The first-order valence-electron chi connectivity index (χ1n) is 10.3. The minimum absolute atomic E-state index is 0. The molecule has 2 N–H and O–H groups in total. The van der Waals surface area contributed by atoms with E-state index in [1.54, 1.807) is 6.26 Å². The van der Waals surface area contributed by atoms with Crippen molar-refractivity contribution in [2.75, 3.05) is 27.2 Å². The van der Waals surface area contributed by atoms with Crippen LogP contribution < -0.4 is 10.6 Å². The van der Waals surface area contributed by atoms with Crippen LogP contribution in [-0.4, -0.2) is 47.8 Å². The molecule has 0 saturated carbocycles. The molecule has 0 bridgehead atoms. The zero-order valence-corrected chi connectivity index (χ0v) is 21.3. The van der Waals surface area contributed by atoms with E-state index in [1.807, 2.05) is 50.0 Å². The Bertz CT molecular complexity index is 964. The summed E-state index contributed by atoms with van der Waals surface area (Å²) in [6.07, 6.45) is 1.71. The molecule has 7 nitrogen and oxygen atoms in total. The van der Waals surface area contributed by atoms with E-state index in [0.717, 1.165) is 40.9 Å². The minimum atomic E-state index is 0. The molecule has 0 spiro atoms. The molecule has 2 aromatic heterocycles. The summed E-state index contributed by atoms with van der Waals surface area (Å²) in [5, 5.41) is 11.4. The van der Waals surface area contributed by atoms with Crippen molar-refractivity contribution in [3.05, 3.63) is 71.4 Å². The lowest BCUT2D eigenvalue weighted by atomic mass is 10.2. The summed E-state index contributed by atoms with van der Waals surface area (Å²) >= 11 is 0. The van der Waals surface area contributed by atoms with E-state index in [1.165, 1.54) is 0 Å². The molecule has 0 fully saturated rings. The van der Waals surface area contributed by atoms with Crippen LogP contribution in [-0.2, 0) is 6.54 Å². The van der Waals surface area contributed by atoms with Gasteiger partial charge in [0.25, 0.3) is 0 Å². The molecule has 1 atom stereocenters. The Balaban J connectivity index is 0.00000341. The summed E-state index contributed by atoms with van der Waals surface area (Å²) in [5.41, 5.74) is 4.30. The number of nitrogens with one attached hydrogen (secondary N) is 2. The Labute approximate surface area is 201 Å². The van der Waals surface area contributed by atoms with Crippen molar-refractivity contribution in [1.29, 1.82) is 0 Å². The molecule has 8 heteroatoms. The van der Waals surface area contributed by atoms with Crippen LogP contribution in [0.3, 0.4) is 0 Å². The van der Waals surface area contributed by atoms with E-state index in [4.69, 9.17) is 9.41 Å². The molecule has 2 heterocycles. The van der Waals surface area contributed by atoms with Crippen LogP contribution >= 0.6 is 24.0 Å². The van der Waals surface area contributed by atoms with E-state index in [2.05, 4.69) is 52.7 Å². The van der Waals surface area contributed by atoms with Crippen molar-refractivity contribution in [2.45, 2.75) is 33.4 Å². The molecule has 0 amide bonds. The monoisotopic (exact) mass is 536 g/mol. The maximum absolute atomic E-state index is 5.60. The number of hydrogen-bond donors (Lipinski definition) is 2. The Morgan fingerprint density at radius 1 is 1.16 bits per heavy atom. The van der Waals surface area contributed by atoms with Gasteiger partial charge in [0.2, 0.25) is 0 Å². The normalized spacial score (nSPS) is 12.5. The van der Waals surface area contributed by atoms with Gasteiger partial charge < -0.3 is 15.1 Å². The topological polar surface area (TPSA) is 70.6 Å². The number of rotatable bonds is 8. The van der Waals surface area contributed by atoms with Crippen molar-refractivity contribution in [1.82, 2.24) is 25.3 Å². The third kappa shape index (κ3) is 6.57. The molecule has 1 unspecified atom stereocenters. The summed E-state index contributed by atoms with van der Waals surface area (Å²) in [5.74, 6) is 1.71. The number of aliphatic imine (C=N–C) groups is 1. The van der Waals surface area contributed by atoms with Crippen LogP contribution in [0.15, 0.2) is 58.1 Å². The van der Waals surface area contributed by atoms with Crippen molar-refractivity contribution in [3.63, 3.8) is 0 Å². The number of halogens is 1. The molecule has 3 aromatic rings. The molecule has 1 aromatic carbocycles. The van der Waals surface area contributed by atoms with Gasteiger partial charge in [0.1, 0.15) is 5.76 Å². The fourth-order valence-electron chi connectivity index (χ4n) is 3.44. The molecule has 0 saturated heterocycles. The quantitative estimate of drug-likeness (QED) is 0.258. The van der Waals surface area contributed by atoms with E-state index < -0.39 is 0 Å². The maximum Gasteiger partial charge on any atom is 0.191 e. The molecule has 31 heavy (non-hydrogen) atoms. The van der Waals surface area contributed by atoms with Crippen molar-refractivity contribution >= 4 is 29.9 Å². The maximum atomic E-state index is 5.60. The van der Waals surface area contributed by atoms with Gasteiger partial charge in [0, 0.05) is 18.8 Å². The molecule has 0 radical (unpaired) electrons. The van der Waals surface area contributed by atoms with Crippen LogP contribution in [0, 0.1) is 13.8 Å². The number of furan rings is 1. The zero-order valence-electron chi connectivity index (χ0n) is 18.9. The second-order valence-electron chi connectivity index (χ2n) is 7.54. The van der Waals surface area contributed by atoms with Gasteiger partial charge in [0.05, 0.1) is 30.2 Å². The highest BCUT2D eigenvalue weighted by atomic mass is 127. The van der Waals surface area contributed by atoms with Crippen LogP contribution in [0.25, 0.3) is 5.69 Å². The highest BCUT2D eigenvalue weighted by Crippen LogP contribution is 2.19. The number of likely N-dealkylation sites (N-methyl/N-ethyl adjacent to an activating group) is 1. The number of aromatic nitrogens is 2. The minimum Gasteiger partial charge on any atom is -0.468 e. The van der Waals surface area contributed by atoms with Gasteiger partial charge in [-0.1, -0.05) is 18.2 Å². The van der Waals surface area contributed by atoms with Gasteiger partial charge in [0.15, 0.2) is 5.96 Å². The van der Waals surface area contributed by atoms with Crippen molar-refractivity contribution in [2.24, 2.45) is 4.99 Å². The Kier molecular flexibility index (Phi) is 9.57. The third-order valence-corrected chi connectivity index (χ3v) is 4.94. The zero-order chi connectivity index (χ0) is 21.5. The fraction of sp³-hybridized carbons (Fsp3) is 0.391. The standard InChI is InChI=1S/C23H32N6O.HI/c1-6-24-23(26-16-21(28(4)5)22-12-9-13-30-22)25-15-19-10-7-8-11-20(19)29-18(3)14-17(2)27-29;/h7-14,21H,6,15-16H2,1-5H3,(H2,24,25,26);1H. The molecule has 168 valence electrons. The van der Waals surface area contributed by atoms with E-state index in [-0.39, 0.29) is 30.0 Å². The van der Waals surface area contributed by atoms with Crippen LogP contribution in [0.1, 0.15) is 35.7 Å². The predicted molar refractivity (Wildman–Crippen MR) is 136 cm³/mol. The number of benzene rings is 1. The lowest BCUT2D eigenvalue weighted by Crippen LogP contribution is -2.41. The highest BCUT2D eigenvalue weighted by Gasteiger charge is 2.17. The summed E-state index contributed by atoms with van der Waals surface area (Å²) in [6, 6.07) is 14.4. The molecular weight excluding hydrogens is 503 g/mol. The second-order valence-corrected chi connectivity index (χ2v) is 7.54. The van der Waals surface area contributed by atoms with Gasteiger partial charge in [-0.3, -0.25) is 4.90 Å². The number of nitrogens with zero attached hydrogens (tertiary/aromatic N) is 4. The smallest absolute Gasteiger partial charge is 0.191 e. The van der Waals surface area contributed by atoms with Gasteiger partial charge in [-0.25, -0.2) is 9.67 Å². The van der Waals surface area contributed by atoms with Crippen molar-refractivity contribution in [3.8, 4) is 5.69 Å². The Hall–Kier alpha value is -2.33. The number of para-hydroxylation sites is 1. The van der Waals surface area contributed by atoms with Crippen LogP contribution in [0.5, 0.6) is 0 Å². The Morgan fingerprint density at radius 3 is 2.55 bits per heavy atom. The average Bonchev–Trinajstić information content (AvgIpc) is 3.35. The average molecular weight is 536 g/mol. The summed E-state index contributed by atoms with van der Waals surface area (Å²) < 4.78 is 7.59. The second kappa shape index (κ2) is 11.9. The number of aryl methyl sites for hydroxylation is 2. The molecule has 0 aliphatic carbocycles. The van der Waals surface area contributed by atoms with Gasteiger partial charge in [-0.05, 0) is 64.7 Å². The Morgan fingerprint density at radius 2 is 1.94 bits per heavy atom. The number of guanidine groups is 1. The first-order chi connectivity index (χ1) is 14.5. The van der Waals surface area contributed by atoms with Gasteiger partial charge in [-0.2, -0.15) is 5.10 Å². The molecule has 0 aliphatic heterocycles. The number of hydrogen-bond acceptors (Lipinski definition) is 4. The van der Waals surface area contributed by atoms with Gasteiger partial charge >= 0.3 is 0 Å². The first kappa shape index (κ1) is 24.9. The summed E-state index contributed by atoms with van der Waals surface area (Å²) in [7, 11) is 4.09. The van der Waals surface area contributed by atoms with E-state index in [9.17, 15) is 0 Å². The largest absolute Gasteiger partial charge is 0.468 e. The van der Waals surface area contributed by atoms with Gasteiger partial charge in [-0.15, -0.1) is 24.0 Å². The fourth-order valence-corrected chi connectivity index (χ4v) is 3.44. The molecule has 0 aliphatic rings. The third-order valence-electron chi connectivity index (χ3n) is 4.94.